The van der Waals surface area contributed by atoms with Gasteiger partial charge in [0.15, 0.2) is 0 Å². The second-order valence-electron chi connectivity index (χ2n) is 18.3. The van der Waals surface area contributed by atoms with Gasteiger partial charge in [-0.2, -0.15) is 0 Å². The third-order valence-electron chi connectivity index (χ3n) is 11.8. The quantitative estimate of drug-likeness (QED) is 0.0364. The minimum Gasteiger partial charge on any atom is -0.466 e. The Bertz CT molecular complexity index is 932. The molecule has 0 saturated carbocycles. The van der Waals surface area contributed by atoms with Crippen molar-refractivity contribution in [3.63, 3.8) is 0 Å². The molecule has 9 heteroatoms. The third-order valence-corrected chi connectivity index (χ3v) is 11.8. The number of aliphatic hydroxyl groups excluding tert-OH is 1. The molecule has 1 N–H and O–H groups in total. The number of unbranched alkanes of at least 4 members (excludes halogenated alkanes) is 21. The van der Waals surface area contributed by atoms with Crippen LogP contribution in [-0.4, -0.2) is 98.5 Å². The van der Waals surface area contributed by atoms with Crippen LogP contribution in [0.3, 0.4) is 0 Å². The van der Waals surface area contributed by atoms with Crippen LogP contribution in [0.25, 0.3) is 0 Å². The van der Waals surface area contributed by atoms with Gasteiger partial charge in [0.1, 0.15) is 12.7 Å². The smallest absolute Gasteiger partial charge is 0.306 e. The van der Waals surface area contributed by atoms with Crippen LogP contribution in [-0.2, 0) is 28.6 Å². The van der Waals surface area contributed by atoms with E-state index < -0.39 is 0 Å². The maximum atomic E-state index is 12.8. The zero-order valence-electron chi connectivity index (χ0n) is 40.4. The standard InChI is InChI=1S/C51H100N2O7/c1-6-8-10-12-18-25-34-48(35-26-19-13-11-9-7-2)60-51(57)37-27-20-16-21-29-40-53(43-46-59-50(56)38-32-39-52(5)42-44-54)41-30-23-28-36-49(55)58-45-31-22-15-14-17-24-33-47(3)4/h47-48,54H,6-46H2,1-5H3. The van der Waals surface area contributed by atoms with Crippen molar-refractivity contribution in [3.8, 4) is 0 Å². The van der Waals surface area contributed by atoms with Crippen molar-refractivity contribution in [2.24, 2.45) is 5.92 Å². The fourth-order valence-corrected chi connectivity index (χ4v) is 7.82. The summed E-state index contributed by atoms with van der Waals surface area (Å²) in [5.41, 5.74) is 0. The number of hydrogen-bond donors (Lipinski definition) is 1. The zero-order chi connectivity index (χ0) is 44.2. The van der Waals surface area contributed by atoms with Gasteiger partial charge >= 0.3 is 17.9 Å². The molecular weight excluding hydrogens is 753 g/mol. The number of carbonyl (C=O) groups excluding carboxylic acids is 3. The Morgan fingerprint density at radius 2 is 0.883 bits per heavy atom. The van der Waals surface area contributed by atoms with Crippen LogP contribution in [0.15, 0.2) is 0 Å². The average molecular weight is 853 g/mol. The molecule has 356 valence electrons. The van der Waals surface area contributed by atoms with Crippen LogP contribution >= 0.6 is 0 Å². The average Bonchev–Trinajstić information content (AvgIpc) is 3.21. The molecule has 0 aromatic heterocycles. The van der Waals surface area contributed by atoms with E-state index in [0.717, 1.165) is 122 Å². The second-order valence-corrected chi connectivity index (χ2v) is 18.3. The number of ether oxygens (including phenoxy) is 3. The van der Waals surface area contributed by atoms with Crippen LogP contribution in [0.2, 0.25) is 0 Å². The molecule has 0 bridgehead atoms. The van der Waals surface area contributed by atoms with E-state index in [0.29, 0.717) is 45.6 Å². The van der Waals surface area contributed by atoms with Crippen molar-refractivity contribution in [2.45, 2.75) is 246 Å². The SMILES string of the molecule is CCCCCCCCC(CCCCCCCC)OC(=O)CCCCCCCN(CCCCCC(=O)OCCCCCCCCC(C)C)CCOC(=O)CCCN(C)CCO. The normalized spacial score (nSPS) is 11.7. The lowest BCUT2D eigenvalue weighted by Crippen LogP contribution is -2.30. The van der Waals surface area contributed by atoms with Gasteiger partial charge in [0.05, 0.1) is 13.2 Å². The first-order valence-corrected chi connectivity index (χ1v) is 25.7. The molecule has 0 fully saturated rings. The Hall–Kier alpha value is -1.71. The molecular formula is C51H100N2O7. The molecule has 0 atom stereocenters. The van der Waals surface area contributed by atoms with Gasteiger partial charge in [-0.25, -0.2) is 0 Å². The number of rotatable bonds is 47. The van der Waals surface area contributed by atoms with Gasteiger partial charge in [-0.1, -0.05) is 156 Å². The molecule has 0 heterocycles. The van der Waals surface area contributed by atoms with E-state index in [4.69, 9.17) is 19.3 Å². The lowest BCUT2D eigenvalue weighted by atomic mass is 10.0. The van der Waals surface area contributed by atoms with Crippen molar-refractivity contribution < 1.29 is 33.7 Å². The van der Waals surface area contributed by atoms with E-state index in [2.05, 4.69) is 32.6 Å². The van der Waals surface area contributed by atoms with E-state index in [9.17, 15) is 14.4 Å². The van der Waals surface area contributed by atoms with Crippen molar-refractivity contribution in [3.05, 3.63) is 0 Å². The summed E-state index contributed by atoms with van der Waals surface area (Å²) in [4.78, 5) is 41.9. The molecule has 0 saturated heterocycles. The van der Waals surface area contributed by atoms with Crippen molar-refractivity contribution in [2.75, 3.05) is 59.6 Å². The molecule has 0 aliphatic rings. The monoisotopic (exact) mass is 853 g/mol. The van der Waals surface area contributed by atoms with Crippen molar-refractivity contribution >= 4 is 17.9 Å². The van der Waals surface area contributed by atoms with E-state index in [1.54, 1.807) is 0 Å². The number of esters is 3. The number of likely N-dealkylation sites (N-methyl/N-ethyl adjacent to an activating group) is 1. The lowest BCUT2D eigenvalue weighted by Gasteiger charge is -2.22. The van der Waals surface area contributed by atoms with E-state index in [-0.39, 0.29) is 30.6 Å². The molecule has 0 unspecified atom stereocenters. The fourth-order valence-electron chi connectivity index (χ4n) is 7.82. The summed E-state index contributed by atoms with van der Waals surface area (Å²) in [5.74, 6) is 0.539. The summed E-state index contributed by atoms with van der Waals surface area (Å²) in [7, 11) is 1.94. The molecule has 0 aliphatic heterocycles. The molecule has 0 rings (SSSR count). The highest BCUT2D eigenvalue weighted by atomic mass is 16.5. The van der Waals surface area contributed by atoms with Crippen molar-refractivity contribution in [1.82, 2.24) is 9.80 Å². The number of hydrogen-bond acceptors (Lipinski definition) is 9. The highest BCUT2D eigenvalue weighted by Gasteiger charge is 2.15. The predicted octanol–water partition coefficient (Wildman–Crippen LogP) is 12.8. The van der Waals surface area contributed by atoms with Crippen LogP contribution in [0.4, 0.5) is 0 Å². The number of aliphatic hydroxyl groups is 1. The first-order chi connectivity index (χ1) is 29.2. The first kappa shape index (κ1) is 58.3. The van der Waals surface area contributed by atoms with Crippen molar-refractivity contribution in [1.29, 1.82) is 0 Å². The zero-order valence-corrected chi connectivity index (χ0v) is 40.4. The molecule has 0 aliphatic carbocycles. The number of nitrogens with zero attached hydrogens (tertiary/aromatic N) is 2. The van der Waals surface area contributed by atoms with Gasteiger partial charge in [-0.05, 0) is 96.8 Å². The number of carbonyl (C=O) groups is 3. The highest BCUT2D eigenvalue weighted by molar-refractivity contribution is 5.70. The van der Waals surface area contributed by atoms with Crippen LogP contribution in [0, 0.1) is 5.92 Å². The summed E-state index contributed by atoms with van der Waals surface area (Å²) in [6.07, 6.45) is 35.9. The maximum absolute atomic E-state index is 12.8. The Kier molecular flexibility index (Phi) is 44.0. The van der Waals surface area contributed by atoms with Crippen LogP contribution < -0.4 is 0 Å². The molecule has 0 amide bonds. The minimum atomic E-state index is -0.165. The van der Waals surface area contributed by atoms with E-state index in [1.807, 2.05) is 11.9 Å². The lowest BCUT2D eigenvalue weighted by molar-refractivity contribution is -0.150. The summed E-state index contributed by atoms with van der Waals surface area (Å²) in [6.45, 7) is 14.1. The Morgan fingerprint density at radius 1 is 0.450 bits per heavy atom. The van der Waals surface area contributed by atoms with Crippen LogP contribution in [0.1, 0.15) is 240 Å². The van der Waals surface area contributed by atoms with Gasteiger partial charge < -0.3 is 24.2 Å². The third kappa shape index (κ3) is 43.0. The molecule has 60 heavy (non-hydrogen) atoms. The highest BCUT2D eigenvalue weighted by Crippen LogP contribution is 2.19. The van der Waals surface area contributed by atoms with E-state index >= 15 is 0 Å². The Balaban J connectivity index is 4.54. The summed E-state index contributed by atoms with van der Waals surface area (Å²) in [5, 5.41) is 9.09. The molecule has 0 aromatic carbocycles. The maximum Gasteiger partial charge on any atom is 0.306 e. The topological polar surface area (TPSA) is 106 Å². The summed E-state index contributed by atoms with van der Waals surface area (Å²) in [6, 6.07) is 0. The molecule has 0 spiro atoms. The van der Waals surface area contributed by atoms with Crippen LogP contribution in [0.5, 0.6) is 0 Å². The fraction of sp³-hybridized carbons (Fsp3) is 0.941. The summed E-state index contributed by atoms with van der Waals surface area (Å²) >= 11 is 0. The minimum absolute atomic E-state index is 0.0126. The molecule has 0 radical (unpaired) electrons. The van der Waals surface area contributed by atoms with E-state index in [1.165, 1.54) is 96.3 Å². The summed E-state index contributed by atoms with van der Waals surface area (Å²) < 4.78 is 17.2. The van der Waals surface area contributed by atoms with Gasteiger partial charge in [0.2, 0.25) is 0 Å². The van der Waals surface area contributed by atoms with Gasteiger partial charge in [-0.15, -0.1) is 0 Å². The van der Waals surface area contributed by atoms with Gasteiger partial charge in [-0.3, -0.25) is 19.3 Å². The Labute approximate surface area is 371 Å². The molecule has 0 aromatic rings. The predicted molar refractivity (Wildman–Crippen MR) is 251 cm³/mol. The molecule has 9 nitrogen and oxygen atoms in total. The second kappa shape index (κ2) is 45.3. The van der Waals surface area contributed by atoms with Gasteiger partial charge in [0, 0.05) is 32.4 Å². The largest absolute Gasteiger partial charge is 0.466 e. The Morgan fingerprint density at radius 3 is 1.43 bits per heavy atom. The van der Waals surface area contributed by atoms with Gasteiger partial charge in [0.25, 0.3) is 0 Å². The first-order valence-electron chi connectivity index (χ1n) is 25.7.